The first-order valence-corrected chi connectivity index (χ1v) is 9.21. The van der Waals surface area contributed by atoms with Crippen LogP contribution in [0.1, 0.15) is 5.56 Å². The van der Waals surface area contributed by atoms with Gasteiger partial charge in [0.05, 0.1) is 0 Å². The quantitative estimate of drug-likeness (QED) is 0.407. The third kappa shape index (κ3) is 4.88. The number of thioether (sulfide) groups is 2. The van der Waals surface area contributed by atoms with Crippen molar-refractivity contribution in [2.24, 2.45) is 0 Å². The van der Waals surface area contributed by atoms with Gasteiger partial charge in [-0.3, -0.25) is 4.79 Å². The summed E-state index contributed by atoms with van der Waals surface area (Å²) in [6.45, 7) is 0. The number of carbonyl (C=O) groups excluding carboxylic acids is 1. The van der Waals surface area contributed by atoms with Crippen molar-refractivity contribution in [1.82, 2.24) is 0 Å². The Kier molecular flexibility index (Phi) is 5.94. The Morgan fingerprint density at radius 2 is 1.08 bits per heavy atom. The molecule has 0 fully saturated rings. The molecule has 3 aromatic carbocycles. The molecule has 0 atom stereocenters. The minimum Gasteiger partial charge on any atom is -0.282 e. The second-order valence-electron chi connectivity index (χ2n) is 5.02. The van der Waals surface area contributed by atoms with E-state index in [1.807, 2.05) is 78.9 Å². The van der Waals surface area contributed by atoms with Gasteiger partial charge in [-0.2, -0.15) is 0 Å². The second kappa shape index (κ2) is 8.57. The molecule has 1 nitrogen and oxygen atoms in total. The fourth-order valence-electron chi connectivity index (χ4n) is 2.13. The Hall–Kier alpha value is -2.23. The topological polar surface area (TPSA) is 17.1 Å². The molecule has 0 spiro atoms. The molecule has 0 aliphatic rings. The summed E-state index contributed by atoms with van der Waals surface area (Å²) in [5, 5.41) is 0.0310. The van der Waals surface area contributed by atoms with Crippen LogP contribution in [0.5, 0.6) is 0 Å². The van der Waals surface area contributed by atoms with Crippen LogP contribution in [0.3, 0.4) is 0 Å². The number of hydrogen-bond acceptors (Lipinski definition) is 3. The highest BCUT2D eigenvalue weighted by Crippen LogP contribution is 2.35. The molecule has 0 N–H and O–H groups in total. The molecule has 0 saturated carbocycles. The van der Waals surface area contributed by atoms with E-state index in [4.69, 9.17) is 0 Å². The monoisotopic (exact) mass is 348 g/mol. The smallest absolute Gasteiger partial charge is 0.218 e. The van der Waals surface area contributed by atoms with Gasteiger partial charge < -0.3 is 0 Å². The van der Waals surface area contributed by atoms with Crippen molar-refractivity contribution in [2.75, 3.05) is 0 Å². The van der Waals surface area contributed by atoms with Crippen molar-refractivity contribution >= 4 is 33.5 Å². The van der Waals surface area contributed by atoms with E-state index >= 15 is 0 Å². The molecule has 0 amide bonds. The Labute approximate surface area is 150 Å². The van der Waals surface area contributed by atoms with E-state index in [2.05, 4.69) is 12.1 Å². The molecule has 118 valence electrons. The van der Waals surface area contributed by atoms with Gasteiger partial charge in [0.25, 0.3) is 0 Å². The lowest BCUT2D eigenvalue weighted by Gasteiger charge is -2.07. The zero-order valence-corrected chi connectivity index (χ0v) is 14.6. The van der Waals surface area contributed by atoms with E-state index in [9.17, 15) is 4.79 Å². The van der Waals surface area contributed by atoms with Crippen LogP contribution in [0, 0.1) is 0 Å². The average molecular weight is 348 g/mol. The molecule has 0 heterocycles. The Morgan fingerprint density at radius 3 is 1.62 bits per heavy atom. The van der Waals surface area contributed by atoms with Crippen molar-refractivity contribution in [2.45, 2.75) is 9.79 Å². The predicted octanol–water partition coefficient (Wildman–Crippen LogP) is 6.14. The molecule has 3 heteroatoms. The van der Waals surface area contributed by atoms with Crippen LogP contribution in [0.15, 0.2) is 107 Å². The number of benzene rings is 3. The average Bonchev–Trinajstić information content (AvgIpc) is 2.63. The summed E-state index contributed by atoms with van der Waals surface area (Å²) >= 11 is 2.86. The summed E-state index contributed by atoms with van der Waals surface area (Å²) in [4.78, 5) is 15.5. The molecule has 0 radical (unpaired) electrons. The van der Waals surface area contributed by atoms with E-state index in [1.165, 1.54) is 11.8 Å². The first-order chi connectivity index (χ1) is 11.8. The van der Waals surface area contributed by atoms with Crippen LogP contribution in [0.2, 0.25) is 0 Å². The van der Waals surface area contributed by atoms with E-state index in [0.29, 0.717) is 0 Å². The van der Waals surface area contributed by atoms with Crippen molar-refractivity contribution in [1.29, 1.82) is 0 Å². The summed E-state index contributed by atoms with van der Waals surface area (Å²) in [5.74, 6) is 0. The third-order valence-electron chi connectivity index (χ3n) is 3.24. The van der Waals surface area contributed by atoms with Gasteiger partial charge in [-0.25, -0.2) is 0 Å². The molecular weight excluding hydrogens is 332 g/mol. The zero-order valence-electron chi connectivity index (χ0n) is 13.0. The maximum atomic E-state index is 12.5. The van der Waals surface area contributed by atoms with Crippen molar-refractivity contribution in [3.8, 4) is 0 Å². The highest BCUT2D eigenvalue weighted by atomic mass is 32.2. The van der Waals surface area contributed by atoms with Gasteiger partial charge in [0.1, 0.15) is 0 Å². The van der Waals surface area contributed by atoms with Gasteiger partial charge in [0, 0.05) is 20.8 Å². The first kappa shape index (κ1) is 16.6. The second-order valence-corrected chi connectivity index (χ2v) is 7.22. The van der Waals surface area contributed by atoms with Gasteiger partial charge >= 0.3 is 0 Å². The normalized spacial score (nSPS) is 11.2. The molecule has 0 bridgehead atoms. The largest absolute Gasteiger partial charge is 0.282 e. The minimum absolute atomic E-state index is 0.0310. The van der Waals surface area contributed by atoms with E-state index in [0.717, 1.165) is 20.3 Å². The van der Waals surface area contributed by atoms with Crippen LogP contribution in [-0.4, -0.2) is 5.12 Å². The SMILES string of the molecule is O=C(/C=C(\Sc1ccccc1)c1ccccc1)Sc1ccccc1. The Morgan fingerprint density at radius 1 is 0.625 bits per heavy atom. The highest BCUT2D eigenvalue weighted by molar-refractivity contribution is 8.14. The zero-order chi connectivity index (χ0) is 16.6. The van der Waals surface area contributed by atoms with E-state index in [-0.39, 0.29) is 5.12 Å². The van der Waals surface area contributed by atoms with Gasteiger partial charge in [-0.1, -0.05) is 78.5 Å². The molecule has 0 aromatic heterocycles. The van der Waals surface area contributed by atoms with Crippen LogP contribution in [0.25, 0.3) is 4.91 Å². The fourth-order valence-corrected chi connectivity index (χ4v) is 3.87. The summed E-state index contributed by atoms with van der Waals surface area (Å²) in [6, 6.07) is 29.9. The molecule has 0 saturated heterocycles. The number of rotatable bonds is 5. The first-order valence-electron chi connectivity index (χ1n) is 7.58. The van der Waals surface area contributed by atoms with Gasteiger partial charge in [0.15, 0.2) is 0 Å². The predicted molar refractivity (Wildman–Crippen MR) is 104 cm³/mol. The van der Waals surface area contributed by atoms with E-state index < -0.39 is 0 Å². The summed E-state index contributed by atoms with van der Waals surface area (Å²) < 4.78 is 0. The van der Waals surface area contributed by atoms with Gasteiger partial charge in [-0.15, -0.1) is 0 Å². The maximum absolute atomic E-state index is 12.5. The fraction of sp³-hybridized carbons (Fsp3) is 0. The standard InChI is InChI=1S/C21H16OS2/c22-21(24-19-14-8-3-9-15-19)16-20(17-10-4-1-5-11-17)23-18-12-6-2-7-13-18/h1-16H/b20-16-. The Balaban J connectivity index is 1.85. The van der Waals surface area contributed by atoms with Crippen LogP contribution in [0.4, 0.5) is 0 Å². The van der Waals surface area contributed by atoms with Crippen LogP contribution < -0.4 is 0 Å². The lowest BCUT2D eigenvalue weighted by atomic mass is 10.2. The molecule has 0 aliphatic carbocycles. The highest BCUT2D eigenvalue weighted by Gasteiger charge is 2.08. The van der Waals surface area contributed by atoms with Crippen molar-refractivity contribution < 1.29 is 4.79 Å². The van der Waals surface area contributed by atoms with E-state index in [1.54, 1.807) is 17.8 Å². The summed E-state index contributed by atoms with van der Waals surface area (Å²) in [7, 11) is 0. The number of carbonyl (C=O) groups is 1. The van der Waals surface area contributed by atoms with Gasteiger partial charge in [0.2, 0.25) is 5.12 Å². The molecule has 3 aromatic rings. The van der Waals surface area contributed by atoms with Gasteiger partial charge in [-0.05, 0) is 41.6 Å². The van der Waals surface area contributed by atoms with Crippen LogP contribution in [-0.2, 0) is 4.79 Å². The lowest BCUT2D eigenvalue weighted by Crippen LogP contribution is -1.89. The number of hydrogen-bond donors (Lipinski definition) is 0. The van der Waals surface area contributed by atoms with Crippen LogP contribution >= 0.6 is 23.5 Å². The molecule has 3 rings (SSSR count). The Bertz CT molecular complexity index is 812. The molecule has 0 unspecified atom stereocenters. The summed E-state index contributed by atoms with van der Waals surface area (Å²) in [5.41, 5.74) is 1.05. The minimum atomic E-state index is 0.0310. The lowest BCUT2D eigenvalue weighted by molar-refractivity contribution is -0.107. The third-order valence-corrected chi connectivity index (χ3v) is 5.15. The molecule has 24 heavy (non-hydrogen) atoms. The molecular formula is C21H16OS2. The summed E-state index contributed by atoms with van der Waals surface area (Å²) in [6.07, 6.45) is 1.73. The van der Waals surface area contributed by atoms with Crippen molar-refractivity contribution in [3.05, 3.63) is 103 Å². The van der Waals surface area contributed by atoms with Crippen molar-refractivity contribution in [3.63, 3.8) is 0 Å². The maximum Gasteiger partial charge on any atom is 0.218 e. The molecule has 0 aliphatic heterocycles.